The number of hydrogen-bond donors (Lipinski definition) is 0. The first-order valence-corrected chi connectivity index (χ1v) is 6.88. The monoisotopic (exact) mass is 278 g/mol. The minimum atomic E-state index is -0.277. The molecule has 0 aliphatic heterocycles. The van der Waals surface area contributed by atoms with Crippen LogP contribution in [0.1, 0.15) is 36.1 Å². The number of carbonyl (C=O) groups is 2. The van der Waals surface area contributed by atoms with E-state index in [2.05, 4.69) is 0 Å². The maximum Gasteiger partial charge on any atom is 0.310 e. The summed E-state index contributed by atoms with van der Waals surface area (Å²) in [6, 6.07) is 3.89. The van der Waals surface area contributed by atoms with Gasteiger partial charge >= 0.3 is 11.9 Å². The van der Waals surface area contributed by atoms with E-state index in [1.807, 2.05) is 26.0 Å². The second kappa shape index (κ2) is 7.68. The Morgan fingerprint density at radius 3 is 1.50 bits per heavy atom. The van der Waals surface area contributed by atoms with Crippen LogP contribution >= 0.6 is 0 Å². The molecule has 1 aromatic rings. The first kappa shape index (κ1) is 16.2. The van der Waals surface area contributed by atoms with Gasteiger partial charge in [0.25, 0.3) is 0 Å². The van der Waals surface area contributed by atoms with E-state index >= 15 is 0 Å². The summed E-state index contributed by atoms with van der Waals surface area (Å²) in [5.41, 5.74) is 3.85. The Bertz CT molecular complexity index is 446. The van der Waals surface area contributed by atoms with Crippen molar-refractivity contribution in [2.24, 2.45) is 0 Å². The van der Waals surface area contributed by atoms with Gasteiger partial charge in [0.1, 0.15) is 0 Å². The van der Waals surface area contributed by atoms with Gasteiger partial charge in [-0.05, 0) is 49.9 Å². The molecule has 0 unspecified atom stereocenters. The highest BCUT2D eigenvalue weighted by atomic mass is 16.5. The molecule has 0 saturated carbocycles. The van der Waals surface area contributed by atoms with Crippen LogP contribution in [0.5, 0.6) is 0 Å². The lowest BCUT2D eigenvalue weighted by molar-refractivity contribution is -0.143. The van der Waals surface area contributed by atoms with Gasteiger partial charge < -0.3 is 9.47 Å². The van der Waals surface area contributed by atoms with E-state index in [1.165, 1.54) is 0 Å². The third-order valence-corrected chi connectivity index (χ3v) is 3.10. The molecule has 0 bridgehead atoms. The Kier molecular flexibility index (Phi) is 6.22. The Balaban J connectivity index is 2.98. The van der Waals surface area contributed by atoms with E-state index in [-0.39, 0.29) is 24.8 Å². The Morgan fingerprint density at radius 1 is 0.850 bits per heavy atom. The molecule has 20 heavy (non-hydrogen) atoms. The number of ether oxygens (including phenoxy) is 2. The van der Waals surface area contributed by atoms with Gasteiger partial charge in [-0.1, -0.05) is 12.1 Å². The lowest BCUT2D eigenvalue weighted by Gasteiger charge is -2.12. The Morgan fingerprint density at radius 2 is 1.20 bits per heavy atom. The minimum Gasteiger partial charge on any atom is -0.466 e. The summed E-state index contributed by atoms with van der Waals surface area (Å²) in [6.45, 7) is 8.24. The average molecular weight is 278 g/mol. The lowest BCUT2D eigenvalue weighted by Crippen LogP contribution is -2.13. The number of esters is 2. The normalized spacial score (nSPS) is 10.2. The Labute approximate surface area is 120 Å². The van der Waals surface area contributed by atoms with E-state index < -0.39 is 0 Å². The zero-order chi connectivity index (χ0) is 15.1. The fourth-order valence-electron chi connectivity index (χ4n) is 2.00. The zero-order valence-corrected chi connectivity index (χ0v) is 12.6. The molecule has 0 fully saturated rings. The molecule has 0 heterocycles. The molecule has 0 aromatic heterocycles. The summed E-state index contributed by atoms with van der Waals surface area (Å²) in [5.74, 6) is -0.554. The standard InChI is InChI=1S/C16H22O4/c1-5-19-15(17)9-13-7-11(3)12(4)8-14(13)10-16(18)20-6-2/h7-8H,5-6,9-10H2,1-4H3. The minimum absolute atomic E-state index is 0.184. The van der Waals surface area contributed by atoms with Crippen LogP contribution in [0.25, 0.3) is 0 Å². The number of benzene rings is 1. The molecule has 0 aliphatic rings. The van der Waals surface area contributed by atoms with E-state index in [9.17, 15) is 9.59 Å². The summed E-state index contributed by atoms with van der Waals surface area (Å²) in [4.78, 5) is 23.3. The molecule has 0 saturated heterocycles. The maximum absolute atomic E-state index is 11.6. The number of aryl methyl sites for hydroxylation is 2. The number of rotatable bonds is 6. The topological polar surface area (TPSA) is 52.6 Å². The lowest BCUT2D eigenvalue weighted by atomic mass is 9.96. The van der Waals surface area contributed by atoms with E-state index in [1.54, 1.807) is 13.8 Å². The molecule has 1 aromatic carbocycles. The summed E-state index contributed by atoms with van der Waals surface area (Å²) in [7, 11) is 0. The van der Waals surface area contributed by atoms with Gasteiger partial charge in [0, 0.05) is 0 Å². The highest BCUT2D eigenvalue weighted by Gasteiger charge is 2.14. The molecular formula is C16H22O4. The maximum atomic E-state index is 11.6. The van der Waals surface area contributed by atoms with Crippen molar-refractivity contribution < 1.29 is 19.1 Å². The third-order valence-electron chi connectivity index (χ3n) is 3.10. The molecule has 110 valence electrons. The van der Waals surface area contributed by atoms with Crippen molar-refractivity contribution in [2.45, 2.75) is 40.5 Å². The van der Waals surface area contributed by atoms with Crippen molar-refractivity contribution in [3.8, 4) is 0 Å². The molecule has 0 radical (unpaired) electrons. The first-order chi connectivity index (χ1) is 9.47. The molecule has 1 rings (SSSR count). The van der Waals surface area contributed by atoms with Gasteiger partial charge in [-0.2, -0.15) is 0 Å². The largest absolute Gasteiger partial charge is 0.466 e. The van der Waals surface area contributed by atoms with Crippen LogP contribution in [0, 0.1) is 13.8 Å². The Hall–Kier alpha value is -1.84. The quantitative estimate of drug-likeness (QED) is 0.750. The number of hydrogen-bond acceptors (Lipinski definition) is 4. The second-order valence-electron chi connectivity index (χ2n) is 4.67. The molecular weight excluding hydrogens is 256 g/mol. The van der Waals surface area contributed by atoms with Crippen molar-refractivity contribution in [3.05, 3.63) is 34.4 Å². The second-order valence-corrected chi connectivity index (χ2v) is 4.67. The van der Waals surface area contributed by atoms with Gasteiger partial charge in [-0.25, -0.2) is 0 Å². The van der Waals surface area contributed by atoms with Gasteiger partial charge in [-0.3, -0.25) is 9.59 Å². The molecule has 0 atom stereocenters. The van der Waals surface area contributed by atoms with Crippen LogP contribution in [0.2, 0.25) is 0 Å². The van der Waals surface area contributed by atoms with Crippen LogP contribution < -0.4 is 0 Å². The summed E-state index contributed by atoms with van der Waals surface area (Å²) < 4.78 is 9.94. The summed E-state index contributed by atoms with van der Waals surface area (Å²) >= 11 is 0. The summed E-state index contributed by atoms with van der Waals surface area (Å²) in [5, 5.41) is 0. The summed E-state index contributed by atoms with van der Waals surface area (Å²) in [6.07, 6.45) is 0.368. The van der Waals surface area contributed by atoms with Crippen LogP contribution in [-0.2, 0) is 31.9 Å². The SMILES string of the molecule is CCOC(=O)Cc1cc(C)c(C)cc1CC(=O)OCC. The third kappa shape index (κ3) is 4.68. The van der Waals surface area contributed by atoms with Crippen LogP contribution in [0.4, 0.5) is 0 Å². The number of carbonyl (C=O) groups excluding carboxylic acids is 2. The van der Waals surface area contributed by atoms with Gasteiger partial charge in [0.05, 0.1) is 26.1 Å². The predicted molar refractivity (Wildman–Crippen MR) is 76.6 cm³/mol. The van der Waals surface area contributed by atoms with Crippen LogP contribution in [0.15, 0.2) is 12.1 Å². The van der Waals surface area contributed by atoms with E-state index in [4.69, 9.17) is 9.47 Å². The predicted octanol–water partition coefficient (Wildman–Crippen LogP) is 2.51. The van der Waals surface area contributed by atoms with E-state index in [0.29, 0.717) is 13.2 Å². The van der Waals surface area contributed by atoms with Crippen molar-refractivity contribution in [2.75, 3.05) is 13.2 Å². The van der Waals surface area contributed by atoms with Crippen molar-refractivity contribution >= 4 is 11.9 Å². The van der Waals surface area contributed by atoms with Crippen molar-refractivity contribution in [3.63, 3.8) is 0 Å². The first-order valence-electron chi connectivity index (χ1n) is 6.88. The molecule has 0 aliphatic carbocycles. The van der Waals surface area contributed by atoms with Crippen molar-refractivity contribution in [1.29, 1.82) is 0 Å². The molecule has 0 spiro atoms. The van der Waals surface area contributed by atoms with Gasteiger partial charge in [0.2, 0.25) is 0 Å². The zero-order valence-electron chi connectivity index (χ0n) is 12.6. The smallest absolute Gasteiger partial charge is 0.310 e. The average Bonchev–Trinajstić information content (AvgIpc) is 2.36. The highest BCUT2D eigenvalue weighted by molar-refractivity contribution is 5.76. The van der Waals surface area contributed by atoms with Crippen LogP contribution in [-0.4, -0.2) is 25.2 Å². The van der Waals surface area contributed by atoms with Gasteiger partial charge in [0.15, 0.2) is 0 Å². The van der Waals surface area contributed by atoms with Crippen molar-refractivity contribution in [1.82, 2.24) is 0 Å². The fourth-order valence-corrected chi connectivity index (χ4v) is 2.00. The van der Waals surface area contributed by atoms with Gasteiger partial charge in [-0.15, -0.1) is 0 Å². The molecule has 0 amide bonds. The fraction of sp³-hybridized carbons (Fsp3) is 0.500. The van der Waals surface area contributed by atoms with Crippen LogP contribution in [0.3, 0.4) is 0 Å². The van der Waals surface area contributed by atoms with E-state index in [0.717, 1.165) is 22.3 Å². The molecule has 4 nitrogen and oxygen atoms in total. The molecule has 4 heteroatoms. The molecule has 0 N–H and O–H groups in total. The highest BCUT2D eigenvalue weighted by Crippen LogP contribution is 2.18.